The molecule has 0 heterocycles. The van der Waals surface area contributed by atoms with Crippen molar-refractivity contribution < 1.29 is 9.18 Å². The second kappa shape index (κ2) is 6.94. The lowest BCUT2D eigenvalue weighted by molar-refractivity contribution is -0.111. The lowest BCUT2D eigenvalue weighted by Gasteiger charge is -2.04. The molecule has 21 heavy (non-hydrogen) atoms. The smallest absolute Gasteiger partial charge is 0.248 e. The quantitative estimate of drug-likeness (QED) is 0.738. The molecule has 0 saturated carbocycles. The fourth-order valence-electron chi connectivity index (χ4n) is 1.59. The molecule has 0 aliphatic heterocycles. The third kappa shape index (κ3) is 4.21. The van der Waals surface area contributed by atoms with Crippen molar-refractivity contribution in [3.63, 3.8) is 0 Å². The van der Waals surface area contributed by atoms with Crippen molar-refractivity contribution in [2.75, 3.05) is 5.32 Å². The van der Waals surface area contributed by atoms with Crippen LogP contribution < -0.4 is 5.32 Å². The standard InChI is InChI=1S/C15H9Cl3FNO/c16-11-2-1-3-14(19)10(11)5-7-15(21)20-9-4-6-12(17)13(18)8-9/h1-8H,(H,20,21)/b7-5+. The van der Waals surface area contributed by atoms with E-state index in [2.05, 4.69) is 5.32 Å². The van der Waals surface area contributed by atoms with Gasteiger partial charge in [0.25, 0.3) is 0 Å². The summed E-state index contributed by atoms with van der Waals surface area (Å²) in [6.07, 6.45) is 2.50. The maximum absolute atomic E-state index is 13.5. The number of anilines is 1. The zero-order valence-electron chi connectivity index (χ0n) is 10.5. The van der Waals surface area contributed by atoms with Crippen LogP contribution in [0.4, 0.5) is 10.1 Å². The molecular formula is C15H9Cl3FNO. The van der Waals surface area contributed by atoms with Gasteiger partial charge in [-0.3, -0.25) is 4.79 Å². The minimum atomic E-state index is -0.499. The van der Waals surface area contributed by atoms with Gasteiger partial charge < -0.3 is 5.32 Å². The van der Waals surface area contributed by atoms with Gasteiger partial charge in [-0.05, 0) is 36.4 Å². The van der Waals surface area contributed by atoms with Gasteiger partial charge in [0, 0.05) is 17.3 Å². The molecule has 6 heteroatoms. The van der Waals surface area contributed by atoms with Gasteiger partial charge in [-0.1, -0.05) is 40.9 Å². The number of amides is 1. The number of hydrogen-bond acceptors (Lipinski definition) is 1. The predicted octanol–water partition coefficient (Wildman–Crippen LogP) is 5.44. The Labute approximate surface area is 136 Å². The predicted molar refractivity (Wildman–Crippen MR) is 85.5 cm³/mol. The first-order valence-electron chi connectivity index (χ1n) is 5.85. The first kappa shape index (κ1) is 15.8. The summed E-state index contributed by atoms with van der Waals surface area (Å²) >= 11 is 17.5. The van der Waals surface area contributed by atoms with Gasteiger partial charge in [0.15, 0.2) is 0 Å². The maximum atomic E-state index is 13.5. The van der Waals surface area contributed by atoms with E-state index in [0.717, 1.165) is 0 Å². The molecule has 1 amide bonds. The normalized spacial score (nSPS) is 10.9. The van der Waals surface area contributed by atoms with Gasteiger partial charge in [0.1, 0.15) is 5.82 Å². The topological polar surface area (TPSA) is 29.1 Å². The van der Waals surface area contributed by atoms with Crippen LogP contribution in [0.2, 0.25) is 15.1 Å². The lowest BCUT2D eigenvalue weighted by atomic mass is 10.2. The lowest BCUT2D eigenvalue weighted by Crippen LogP contribution is -2.07. The summed E-state index contributed by atoms with van der Waals surface area (Å²) in [5, 5.41) is 3.54. The van der Waals surface area contributed by atoms with Crippen LogP contribution >= 0.6 is 34.8 Å². The number of hydrogen-bond donors (Lipinski definition) is 1. The van der Waals surface area contributed by atoms with Crippen LogP contribution in [-0.2, 0) is 4.79 Å². The van der Waals surface area contributed by atoms with Crippen LogP contribution in [0.5, 0.6) is 0 Å². The fraction of sp³-hybridized carbons (Fsp3) is 0. The highest BCUT2D eigenvalue weighted by Crippen LogP contribution is 2.25. The molecule has 0 radical (unpaired) electrons. The fourth-order valence-corrected chi connectivity index (χ4v) is 2.11. The molecule has 2 rings (SSSR count). The molecule has 0 atom stereocenters. The Hall–Kier alpha value is -1.55. The first-order valence-corrected chi connectivity index (χ1v) is 6.99. The summed E-state index contributed by atoms with van der Waals surface area (Å²) in [4.78, 5) is 11.8. The Kier molecular flexibility index (Phi) is 5.23. The molecule has 0 aliphatic carbocycles. The minimum absolute atomic E-state index is 0.156. The average Bonchev–Trinajstić information content (AvgIpc) is 2.42. The molecule has 108 valence electrons. The number of carbonyl (C=O) groups excluding carboxylic acids is 1. The van der Waals surface area contributed by atoms with E-state index in [4.69, 9.17) is 34.8 Å². The van der Waals surface area contributed by atoms with Crippen LogP contribution in [0.15, 0.2) is 42.5 Å². The van der Waals surface area contributed by atoms with Crippen molar-refractivity contribution in [2.24, 2.45) is 0 Å². The SMILES string of the molecule is O=C(/C=C/c1c(F)cccc1Cl)Nc1ccc(Cl)c(Cl)c1. The number of carbonyl (C=O) groups is 1. The van der Waals surface area contributed by atoms with Gasteiger partial charge in [0.05, 0.1) is 15.1 Å². The highest BCUT2D eigenvalue weighted by atomic mass is 35.5. The van der Waals surface area contributed by atoms with Crippen molar-refractivity contribution in [3.8, 4) is 0 Å². The van der Waals surface area contributed by atoms with Crippen LogP contribution in [0.25, 0.3) is 6.08 Å². The third-order valence-corrected chi connectivity index (χ3v) is 3.66. The Morgan fingerprint density at radius 3 is 2.48 bits per heavy atom. The van der Waals surface area contributed by atoms with E-state index in [-0.39, 0.29) is 10.6 Å². The molecule has 0 aromatic heterocycles. The van der Waals surface area contributed by atoms with Gasteiger partial charge in [-0.2, -0.15) is 0 Å². The Morgan fingerprint density at radius 1 is 1.05 bits per heavy atom. The van der Waals surface area contributed by atoms with Crippen LogP contribution in [0.3, 0.4) is 0 Å². The van der Waals surface area contributed by atoms with Gasteiger partial charge in [0.2, 0.25) is 5.91 Å². The van der Waals surface area contributed by atoms with Crippen molar-refractivity contribution in [3.05, 3.63) is 68.9 Å². The largest absolute Gasteiger partial charge is 0.322 e. The number of benzene rings is 2. The molecule has 0 saturated heterocycles. The summed E-state index contributed by atoms with van der Waals surface area (Å²) in [6, 6.07) is 8.99. The molecule has 0 aliphatic rings. The highest BCUT2D eigenvalue weighted by Gasteiger charge is 2.05. The zero-order valence-corrected chi connectivity index (χ0v) is 12.8. The van der Waals surface area contributed by atoms with Gasteiger partial charge in [-0.25, -0.2) is 4.39 Å². The van der Waals surface area contributed by atoms with Crippen molar-refractivity contribution in [1.29, 1.82) is 0 Å². The summed E-state index contributed by atoms with van der Waals surface area (Å²) < 4.78 is 13.5. The monoisotopic (exact) mass is 343 g/mol. The van der Waals surface area contributed by atoms with E-state index in [1.807, 2.05) is 0 Å². The molecule has 0 spiro atoms. The summed E-state index contributed by atoms with van der Waals surface area (Å²) in [6.45, 7) is 0. The number of halogens is 4. The van der Waals surface area contributed by atoms with Crippen LogP contribution in [-0.4, -0.2) is 5.91 Å². The first-order chi connectivity index (χ1) is 9.97. The van der Waals surface area contributed by atoms with E-state index in [1.54, 1.807) is 18.2 Å². The van der Waals surface area contributed by atoms with Crippen LogP contribution in [0.1, 0.15) is 5.56 Å². The average molecular weight is 345 g/mol. The van der Waals surface area contributed by atoms with E-state index in [1.165, 1.54) is 30.4 Å². The summed E-state index contributed by atoms with van der Waals surface area (Å²) in [5.41, 5.74) is 0.641. The number of rotatable bonds is 3. The van der Waals surface area contributed by atoms with E-state index >= 15 is 0 Å². The Morgan fingerprint density at radius 2 is 1.81 bits per heavy atom. The third-order valence-electron chi connectivity index (χ3n) is 2.59. The maximum Gasteiger partial charge on any atom is 0.248 e. The van der Waals surface area contributed by atoms with E-state index in [0.29, 0.717) is 15.7 Å². The zero-order chi connectivity index (χ0) is 15.4. The second-order valence-electron chi connectivity index (χ2n) is 4.09. The van der Waals surface area contributed by atoms with Crippen molar-refractivity contribution in [2.45, 2.75) is 0 Å². The highest BCUT2D eigenvalue weighted by molar-refractivity contribution is 6.42. The van der Waals surface area contributed by atoms with Crippen molar-refractivity contribution in [1.82, 2.24) is 0 Å². The molecule has 2 nitrogen and oxygen atoms in total. The molecule has 0 fully saturated rings. The van der Waals surface area contributed by atoms with E-state index < -0.39 is 11.7 Å². The summed E-state index contributed by atoms with van der Waals surface area (Å²) in [7, 11) is 0. The molecular weight excluding hydrogens is 336 g/mol. The molecule has 0 unspecified atom stereocenters. The second-order valence-corrected chi connectivity index (χ2v) is 5.31. The summed E-state index contributed by atoms with van der Waals surface area (Å²) in [5.74, 6) is -0.936. The number of nitrogens with one attached hydrogen (secondary N) is 1. The molecule has 2 aromatic rings. The van der Waals surface area contributed by atoms with Gasteiger partial charge in [-0.15, -0.1) is 0 Å². The molecule has 1 N–H and O–H groups in total. The van der Waals surface area contributed by atoms with Crippen molar-refractivity contribution >= 4 is 52.5 Å². The Bertz CT molecular complexity index is 696. The minimum Gasteiger partial charge on any atom is -0.322 e. The van der Waals surface area contributed by atoms with Gasteiger partial charge >= 0.3 is 0 Å². The molecule has 2 aromatic carbocycles. The van der Waals surface area contributed by atoms with Crippen LogP contribution in [0, 0.1) is 5.82 Å². The van der Waals surface area contributed by atoms with E-state index in [9.17, 15) is 9.18 Å². The Balaban J connectivity index is 2.11. The molecule has 0 bridgehead atoms.